The van der Waals surface area contributed by atoms with Crippen molar-refractivity contribution in [2.45, 2.75) is 40.2 Å². The summed E-state index contributed by atoms with van der Waals surface area (Å²) in [6.45, 7) is 9.51. The molecule has 0 fully saturated rings. The molecule has 0 radical (unpaired) electrons. The lowest BCUT2D eigenvalue weighted by Gasteiger charge is -2.21. The SMILES string of the molecule is CC(=O)NC(C)(C)/C=C/N/C(OCC(C)C)=C(\C=N)C=O. The average molecular weight is 295 g/mol. The lowest BCUT2D eigenvalue weighted by molar-refractivity contribution is -0.120. The van der Waals surface area contributed by atoms with Crippen LogP contribution in [0.1, 0.15) is 34.6 Å². The Morgan fingerprint density at radius 2 is 2.00 bits per heavy atom. The second-order valence-electron chi connectivity index (χ2n) is 5.63. The van der Waals surface area contributed by atoms with Gasteiger partial charge in [0.1, 0.15) is 0 Å². The molecule has 0 aliphatic carbocycles. The molecule has 0 saturated heterocycles. The zero-order chi connectivity index (χ0) is 16.5. The first kappa shape index (κ1) is 18.9. The Balaban J connectivity index is 4.91. The van der Waals surface area contributed by atoms with Crippen molar-refractivity contribution < 1.29 is 14.3 Å². The van der Waals surface area contributed by atoms with E-state index in [1.807, 2.05) is 27.7 Å². The molecule has 0 heterocycles. The Labute approximate surface area is 126 Å². The van der Waals surface area contributed by atoms with Crippen LogP contribution in [0.4, 0.5) is 0 Å². The van der Waals surface area contributed by atoms with E-state index in [0.29, 0.717) is 18.8 Å². The average Bonchev–Trinajstić information content (AvgIpc) is 2.34. The van der Waals surface area contributed by atoms with Gasteiger partial charge < -0.3 is 20.8 Å². The van der Waals surface area contributed by atoms with Crippen molar-refractivity contribution in [1.29, 1.82) is 5.41 Å². The summed E-state index contributed by atoms with van der Waals surface area (Å²) >= 11 is 0. The molecule has 1 amide bonds. The van der Waals surface area contributed by atoms with Gasteiger partial charge in [-0.1, -0.05) is 13.8 Å². The topological polar surface area (TPSA) is 91.3 Å². The molecular formula is C15H25N3O3. The van der Waals surface area contributed by atoms with Crippen molar-refractivity contribution in [3.8, 4) is 0 Å². The van der Waals surface area contributed by atoms with Crippen LogP contribution in [-0.2, 0) is 14.3 Å². The van der Waals surface area contributed by atoms with Crippen LogP contribution in [0.2, 0.25) is 0 Å². The highest BCUT2D eigenvalue weighted by Crippen LogP contribution is 2.06. The maximum absolute atomic E-state index is 11.1. The maximum atomic E-state index is 11.1. The van der Waals surface area contributed by atoms with Crippen molar-refractivity contribution >= 4 is 18.4 Å². The van der Waals surface area contributed by atoms with Gasteiger partial charge in [0, 0.05) is 19.3 Å². The van der Waals surface area contributed by atoms with E-state index in [0.717, 1.165) is 6.21 Å². The highest BCUT2D eigenvalue weighted by atomic mass is 16.5. The molecule has 0 saturated carbocycles. The second kappa shape index (κ2) is 8.94. The van der Waals surface area contributed by atoms with Crippen LogP contribution in [0.5, 0.6) is 0 Å². The summed E-state index contributed by atoms with van der Waals surface area (Å²) in [7, 11) is 0. The van der Waals surface area contributed by atoms with E-state index in [2.05, 4.69) is 10.6 Å². The molecule has 0 rings (SSSR count). The molecule has 6 heteroatoms. The van der Waals surface area contributed by atoms with Gasteiger partial charge in [0.25, 0.3) is 0 Å². The van der Waals surface area contributed by atoms with E-state index in [4.69, 9.17) is 10.1 Å². The van der Waals surface area contributed by atoms with E-state index >= 15 is 0 Å². The molecular weight excluding hydrogens is 270 g/mol. The van der Waals surface area contributed by atoms with E-state index in [-0.39, 0.29) is 17.4 Å². The smallest absolute Gasteiger partial charge is 0.217 e. The molecule has 0 aromatic rings. The number of aldehydes is 1. The second-order valence-corrected chi connectivity index (χ2v) is 5.63. The molecule has 3 N–H and O–H groups in total. The largest absolute Gasteiger partial charge is 0.478 e. The fraction of sp³-hybridized carbons (Fsp3) is 0.533. The fourth-order valence-electron chi connectivity index (χ4n) is 1.43. The molecule has 118 valence electrons. The first-order chi connectivity index (χ1) is 9.71. The predicted octanol–water partition coefficient (Wildman–Crippen LogP) is 1.74. The van der Waals surface area contributed by atoms with Gasteiger partial charge in [0.05, 0.1) is 17.7 Å². The van der Waals surface area contributed by atoms with Gasteiger partial charge >= 0.3 is 0 Å². The minimum Gasteiger partial charge on any atom is -0.478 e. The number of allylic oxidation sites excluding steroid dienone is 1. The Morgan fingerprint density at radius 3 is 2.43 bits per heavy atom. The Hall–Kier alpha value is -2.11. The summed E-state index contributed by atoms with van der Waals surface area (Å²) in [6, 6.07) is 0. The number of carbonyl (C=O) groups is 2. The van der Waals surface area contributed by atoms with Crippen LogP contribution in [0.25, 0.3) is 0 Å². The maximum Gasteiger partial charge on any atom is 0.217 e. The summed E-state index contributed by atoms with van der Waals surface area (Å²) in [5.41, 5.74) is -0.411. The molecule has 6 nitrogen and oxygen atoms in total. The summed E-state index contributed by atoms with van der Waals surface area (Å²) < 4.78 is 5.49. The first-order valence-corrected chi connectivity index (χ1v) is 6.77. The van der Waals surface area contributed by atoms with E-state index < -0.39 is 5.54 Å². The van der Waals surface area contributed by atoms with Gasteiger partial charge in [-0.2, -0.15) is 0 Å². The van der Waals surface area contributed by atoms with Gasteiger partial charge in [0.15, 0.2) is 6.29 Å². The van der Waals surface area contributed by atoms with Gasteiger partial charge in [0.2, 0.25) is 11.8 Å². The molecule has 0 aliphatic heterocycles. The lowest BCUT2D eigenvalue weighted by Crippen LogP contribution is -2.40. The van der Waals surface area contributed by atoms with Crippen LogP contribution < -0.4 is 10.6 Å². The van der Waals surface area contributed by atoms with Crippen LogP contribution in [0.3, 0.4) is 0 Å². The third kappa shape index (κ3) is 8.62. The quantitative estimate of drug-likeness (QED) is 0.261. The molecule has 0 bridgehead atoms. The van der Waals surface area contributed by atoms with Crippen LogP contribution in [0, 0.1) is 11.3 Å². The number of ether oxygens (including phenoxy) is 1. The van der Waals surface area contributed by atoms with Gasteiger partial charge in [-0.15, -0.1) is 0 Å². The number of hydrogen-bond acceptors (Lipinski definition) is 5. The Morgan fingerprint density at radius 1 is 1.38 bits per heavy atom. The normalized spacial score (nSPS) is 12.9. The monoisotopic (exact) mass is 295 g/mol. The number of amides is 1. The Kier molecular flexibility index (Phi) is 8.04. The number of rotatable bonds is 9. The van der Waals surface area contributed by atoms with Gasteiger partial charge in [-0.05, 0) is 25.8 Å². The van der Waals surface area contributed by atoms with Crippen LogP contribution >= 0.6 is 0 Å². The van der Waals surface area contributed by atoms with Crippen LogP contribution in [0.15, 0.2) is 23.7 Å². The number of carbonyl (C=O) groups excluding carboxylic acids is 2. The lowest BCUT2D eigenvalue weighted by atomic mass is 10.1. The molecule has 0 spiro atoms. The zero-order valence-electron chi connectivity index (χ0n) is 13.3. The molecule has 0 aromatic heterocycles. The van der Waals surface area contributed by atoms with Crippen LogP contribution in [-0.4, -0.2) is 30.6 Å². The molecule has 0 atom stereocenters. The standard InChI is InChI=1S/C15H25N3O3/c1-11(2)10-21-14(13(8-16)9-19)17-7-6-15(4,5)18-12(3)20/h6-9,11,16-17H,10H2,1-5H3,(H,18,20)/b7-6+,14-13-,16-8?. The minimum absolute atomic E-state index is 0.123. The van der Waals surface area contributed by atoms with Crippen molar-refractivity contribution in [1.82, 2.24) is 10.6 Å². The predicted molar refractivity (Wildman–Crippen MR) is 82.8 cm³/mol. The van der Waals surface area contributed by atoms with Gasteiger partial charge in [-0.3, -0.25) is 9.59 Å². The third-order valence-electron chi connectivity index (χ3n) is 2.32. The highest BCUT2D eigenvalue weighted by molar-refractivity contribution is 6.00. The summed E-state index contributed by atoms with van der Waals surface area (Å²) in [5.74, 6) is 0.383. The van der Waals surface area contributed by atoms with Crippen molar-refractivity contribution in [3.63, 3.8) is 0 Å². The highest BCUT2D eigenvalue weighted by Gasteiger charge is 2.14. The van der Waals surface area contributed by atoms with E-state index in [1.165, 1.54) is 6.92 Å². The van der Waals surface area contributed by atoms with Crippen molar-refractivity contribution in [3.05, 3.63) is 23.7 Å². The zero-order valence-corrected chi connectivity index (χ0v) is 13.3. The summed E-state index contributed by atoms with van der Waals surface area (Å²) in [5, 5.41) is 12.8. The van der Waals surface area contributed by atoms with E-state index in [1.54, 1.807) is 12.3 Å². The number of hydrogen-bond donors (Lipinski definition) is 3. The molecule has 21 heavy (non-hydrogen) atoms. The Bertz CT molecular complexity index is 427. The van der Waals surface area contributed by atoms with Crippen molar-refractivity contribution in [2.24, 2.45) is 5.92 Å². The minimum atomic E-state index is -0.534. The summed E-state index contributed by atoms with van der Waals surface area (Å²) in [6.07, 6.45) is 4.81. The number of nitrogens with one attached hydrogen (secondary N) is 3. The molecule has 0 aromatic carbocycles. The fourth-order valence-corrected chi connectivity index (χ4v) is 1.43. The molecule has 0 unspecified atom stereocenters. The summed E-state index contributed by atoms with van der Waals surface area (Å²) in [4.78, 5) is 22.0. The van der Waals surface area contributed by atoms with Gasteiger partial charge in [-0.25, -0.2) is 0 Å². The van der Waals surface area contributed by atoms with Crippen molar-refractivity contribution in [2.75, 3.05) is 6.61 Å². The molecule has 0 aliphatic rings. The first-order valence-electron chi connectivity index (χ1n) is 6.77. The van der Waals surface area contributed by atoms with E-state index in [9.17, 15) is 9.59 Å². The third-order valence-corrected chi connectivity index (χ3v) is 2.32.